The van der Waals surface area contributed by atoms with Crippen molar-refractivity contribution in [2.75, 3.05) is 6.61 Å². The van der Waals surface area contributed by atoms with E-state index in [2.05, 4.69) is 5.32 Å². The SMILES string of the molecule is CC(C)(C)OC(=O)NC(CO)c1cccs1. The van der Waals surface area contributed by atoms with Gasteiger partial charge in [0, 0.05) is 4.88 Å². The van der Waals surface area contributed by atoms with E-state index < -0.39 is 17.7 Å². The fourth-order valence-corrected chi connectivity index (χ4v) is 1.92. The molecule has 1 aromatic heterocycles. The van der Waals surface area contributed by atoms with Crippen LogP contribution < -0.4 is 5.32 Å². The zero-order valence-electron chi connectivity index (χ0n) is 9.69. The Morgan fingerprint density at radius 3 is 2.75 bits per heavy atom. The molecule has 0 bridgehead atoms. The van der Waals surface area contributed by atoms with Crippen LogP contribution in [0.15, 0.2) is 17.5 Å². The van der Waals surface area contributed by atoms with Crippen molar-refractivity contribution >= 4 is 17.4 Å². The minimum Gasteiger partial charge on any atom is -0.444 e. The van der Waals surface area contributed by atoms with Gasteiger partial charge < -0.3 is 15.2 Å². The Morgan fingerprint density at radius 2 is 2.31 bits per heavy atom. The number of ether oxygens (including phenoxy) is 1. The van der Waals surface area contributed by atoms with Crippen LogP contribution in [0.4, 0.5) is 4.79 Å². The molecule has 0 radical (unpaired) electrons. The van der Waals surface area contributed by atoms with Crippen LogP contribution in [-0.2, 0) is 4.74 Å². The fourth-order valence-electron chi connectivity index (χ4n) is 1.15. The number of thiophene rings is 1. The summed E-state index contributed by atoms with van der Waals surface area (Å²) in [5.74, 6) is 0. The average molecular weight is 243 g/mol. The Bertz CT molecular complexity index is 329. The lowest BCUT2D eigenvalue weighted by atomic mass is 10.2. The number of carbonyl (C=O) groups excluding carboxylic acids is 1. The maximum Gasteiger partial charge on any atom is 0.408 e. The molecule has 1 heterocycles. The van der Waals surface area contributed by atoms with E-state index in [0.29, 0.717) is 0 Å². The first kappa shape index (κ1) is 13.0. The number of hydrogen-bond donors (Lipinski definition) is 2. The van der Waals surface area contributed by atoms with Gasteiger partial charge in [0.2, 0.25) is 0 Å². The smallest absolute Gasteiger partial charge is 0.408 e. The highest BCUT2D eigenvalue weighted by Crippen LogP contribution is 2.19. The Morgan fingerprint density at radius 1 is 1.62 bits per heavy atom. The summed E-state index contributed by atoms with van der Waals surface area (Å²) in [5, 5.41) is 13.7. The van der Waals surface area contributed by atoms with E-state index in [1.54, 1.807) is 20.8 Å². The molecule has 0 aliphatic heterocycles. The molecule has 5 heteroatoms. The maximum absolute atomic E-state index is 11.5. The van der Waals surface area contributed by atoms with Crippen molar-refractivity contribution in [3.8, 4) is 0 Å². The predicted octanol–water partition coefficient (Wildman–Crippen LogP) is 2.31. The molecule has 0 fully saturated rings. The Balaban J connectivity index is 2.55. The molecule has 0 aromatic carbocycles. The lowest BCUT2D eigenvalue weighted by Crippen LogP contribution is -2.35. The second-order valence-electron chi connectivity index (χ2n) is 4.40. The summed E-state index contributed by atoms with van der Waals surface area (Å²) < 4.78 is 5.11. The van der Waals surface area contributed by atoms with Gasteiger partial charge in [-0.1, -0.05) is 6.07 Å². The molecule has 0 aliphatic rings. The second-order valence-corrected chi connectivity index (χ2v) is 5.38. The lowest BCUT2D eigenvalue weighted by Gasteiger charge is -2.22. The zero-order valence-corrected chi connectivity index (χ0v) is 10.5. The Hall–Kier alpha value is -1.07. The number of aliphatic hydroxyl groups excluding tert-OH is 1. The van der Waals surface area contributed by atoms with Gasteiger partial charge in [0.1, 0.15) is 5.60 Å². The van der Waals surface area contributed by atoms with Gasteiger partial charge in [-0.05, 0) is 32.2 Å². The first-order valence-electron chi connectivity index (χ1n) is 5.06. The van der Waals surface area contributed by atoms with Gasteiger partial charge in [0.15, 0.2) is 0 Å². The van der Waals surface area contributed by atoms with Crippen molar-refractivity contribution in [3.63, 3.8) is 0 Å². The molecule has 1 atom stereocenters. The van der Waals surface area contributed by atoms with Crippen molar-refractivity contribution in [2.45, 2.75) is 32.4 Å². The molecule has 0 aliphatic carbocycles. The quantitative estimate of drug-likeness (QED) is 0.856. The first-order chi connectivity index (χ1) is 7.42. The summed E-state index contributed by atoms with van der Waals surface area (Å²) in [6.07, 6.45) is -0.514. The number of hydrogen-bond acceptors (Lipinski definition) is 4. The third-order valence-electron chi connectivity index (χ3n) is 1.76. The van der Waals surface area contributed by atoms with Crippen LogP contribution in [0.2, 0.25) is 0 Å². The van der Waals surface area contributed by atoms with Gasteiger partial charge in [0.25, 0.3) is 0 Å². The third kappa shape index (κ3) is 4.20. The molecule has 16 heavy (non-hydrogen) atoms. The molecule has 2 N–H and O–H groups in total. The first-order valence-corrected chi connectivity index (χ1v) is 5.94. The van der Waals surface area contributed by atoms with Crippen molar-refractivity contribution < 1.29 is 14.6 Å². The molecule has 1 amide bonds. The van der Waals surface area contributed by atoms with Crippen molar-refractivity contribution in [1.29, 1.82) is 0 Å². The molecule has 90 valence electrons. The maximum atomic E-state index is 11.5. The van der Waals surface area contributed by atoms with Gasteiger partial charge in [0.05, 0.1) is 12.6 Å². The number of carbonyl (C=O) groups is 1. The summed E-state index contributed by atoms with van der Waals surface area (Å²) in [7, 11) is 0. The summed E-state index contributed by atoms with van der Waals surface area (Å²) in [4.78, 5) is 12.4. The van der Waals surface area contributed by atoms with Crippen LogP contribution in [0.3, 0.4) is 0 Å². The van der Waals surface area contributed by atoms with Gasteiger partial charge in [-0.2, -0.15) is 0 Å². The second kappa shape index (κ2) is 5.32. The summed E-state index contributed by atoms with van der Waals surface area (Å²) in [6, 6.07) is 3.34. The number of nitrogens with one attached hydrogen (secondary N) is 1. The number of amides is 1. The van der Waals surface area contributed by atoms with E-state index in [9.17, 15) is 9.90 Å². The minimum atomic E-state index is -0.528. The van der Waals surface area contributed by atoms with E-state index in [-0.39, 0.29) is 6.61 Å². The molecule has 0 saturated heterocycles. The van der Waals surface area contributed by atoms with Crippen LogP contribution in [-0.4, -0.2) is 23.4 Å². The molecule has 1 unspecified atom stereocenters. The van der Waals surface area contributed by atoms with Gasteiger partial charge in [-0.3, -0.25) is 0 Å². The normalized spacial score (nSPS) is 13.2. The topological polar surface area (TPSA) is 58.6 Å². The van der Waals surface area contributed by atoms with Gasteiger partial charge in [-0.25, -0.2) is 4.79 Å². The molecule has 1 rings (SSSR count). The summed E-state index contributed by atoms with van der Waals surface area (Å²) in [5.41, 5.74) is -0.528. The van der Waals surface area contributed by atoms with Crippen LogP contribution >= 0.6 is 11.3 Å². The van der Waals surface area contributed by atoms with Crippen molar-refractivity contribution in [3.05, 3.63) is 22.4 Å². The highest BCUT2D eigenvalue weighted by molar-refractivity contribution is 7.10. The standard InChI is InChI=1S/C11H17NO3S/c1-11(2,3)15-10(14)12-8(7-13)9-5-4-6-16-9/h4-6,8,13H,7H2,1-3H3,(H,12,14). The van der Waals surface area contributed by atoms with Crippen LogP contribution in [0.25, 0.3) is 0 Å². The van der Waals surface area contributed by atoms with Crippen molar-refractivity contribution in [2.24, 2.45) is 0 Å². The third-order valence-corrected chi connectivity index (χ3v) is 2.75. The minimum absolute atomic E-state index is 0.139. The predicted molar refractivity (Wildman–Crippen MR) is 63.5 cm³/mol. The zero-order chi connectivity index (χ0) is 12.2. The molecule has 0 spiro atoms. The number of alkyl carbamates (subject to hydrolysis) is 1. The van der Waals surface area contributed by atoms with E-state index in [1.165, 1.54) is 11.3 Å². The van der Waals surface area contributed by atoms with Gasteiger partial charge in [-0.15, -0.1) is 11.3 Å². The highest BCUT2D eigenvalue weighted by Gasteiger charge is 2.20. The van der Waals surface area contributed by atoms with Gasteiger partial charge >= 0.3 is 6.09 Å². The molecule has 4 nitrogen and oxygen atoms in total. The van der Waals surface area contributed by atoms with E-state index in [4.69, 9.17) is 4.74 Å². The summed E-state index contributed by atoms with van der Waals surface area (Å²) in [6.45, 7) is 5.25. The molecule has 0 saturated carbocycles. The molecular weight excluding hydrogens is 226 g/mol. The number of rotatable bonds is 3. The molecular formula is C11H17NO3S. The van der Waals surface area contributed by atoms with Crippen LogP contribution in [0, 0.1) is 0 Å². The van der Waals surface area contributed by atoms with Crippen LogP contribution in [0.5, 0.6) is 0 Å². The van der Waals surface area contributed by atoms with E-state index in [0.717, 1.165) is 4.88 Å². The monoisotopic (exact) mass is 243 g/mol. The molecule has 1 aromatic rings. The Labute approximate surface area is 99.2 Å². The largest absolute Gasteiger partial charge is 0.444 e. The van der Waals surface area contributed by atoms with E-state index in [1.807, 2.05) is 17.5 Å². The number of aliphatic hydroxyl groups is 1. The van der Waals surface area contributed by atoms with E-state index >= 15 is 0 Å². The summed E-state index contributed by atoms with van der Waals surface area (Å²) >= 11 is 1.49. The highest BCUT2D eigenvalue weighted by atomic mass is 32.1. The lowest BCUT2D eigenvalue weighted by molar-refractivity contribution is 0.0483. The fraction of sp³-hybridized carbons (Fsp3) is 0.545. The van der Waals surface area contributed by atoms with Crippen molar-refractivity contribution in [1.82, 2.24) is 5.32 Å². The van der Waals surface area contributed by atoms with Crippen LogP contribution in [0.1, 0.15) is 31.7 Å². The average Bonchev–Trinajstić information content (AvgIpc) is 2.63. The Kier molecular flexibility index (Phi) is 4.32.